The summed E-state index contributed by atoms with van der Waals surface area (Å²) in [7, 11) is 0. The van der Waals surface area contributed by atoms with Crippen molar-refractivity contribution < 1.29 is 24.5 Å². The molecular weight excluding hydrogens is 935 g/mol. The smallest absolute Gasteiger partial charge is 0.305 e. The molecule has 0 spiro atoms. The number of aliphatic hydroxyl groups is 2. The van der Waals surface area contributed by atoms with Gasteiger partial charge in [0.2, 0.25) is 5.91 Å². The van der Waals surface area contributed by atoms with E-state index in [1.54, 1.807) is 0 Å². The molecule has 0 saturated carbocycles. The number of unbranched alkanes of at least 4 members (excludes halogenated alkanes) is 47. The maximum Gasteiger partial charge on any atom is 0.305 e. The van der Waals surface area contributed by atoms with Crippen LogP contribution in [-0.2, 0) is 14.3 Å². The van der Waals surface area contributed by atoms with Gasteiger partial charge in [-0.1, -0.05) is 314 Å². The average molecular weight is 1070 g/mol. The van der Waals surface area contributed by atoms with Crippen molar-refractivity contribution in [2.75, 3.05) is 13.2 Å². The van der Waals surface area contributed by atoms with Gasteiger partial charge in [-0.3, -0.25) is 9.59 Å². The molecule has 0 heterocycles. The van der Waals surface area contributed by atoms with Gasteiger partial charge >= 0.3 is 5.97 Å². The number of hydrogen-bond donors (Lipinski definition) is 3. The fourth-order valence-corrected chi connectivity index (χ4v) is 10.7. The van der Waals surface area contributed by atoms with Gasteiger partial charge in [-0.2, -0.15) is 0 Å². The van der Waals surface area contributed by atoms with Gasteiger partial charge in [0.25, 0.3) is 0 Å². The van der Waals surface area contributed by atoms with Crippen molar-refractivity contribution in [2.24, 2.45) is 0 Å². The predicted octanol–water partition coefficient (Wildman–Crippen LogP) is 21.9. The molecule has 0 aliphatic rings. The van der Waals surface area contributed by atoms with Crippen LogP contribution in [0.4, 0.5) is 0 Å². The molecule has 0 saturated heterocycles. The predicted molar refractivity (Wildman–Crippen MR) is 333 cm³/mol. The highest BCUT2D eigenvalue weighted by Gasteiger charge is 2.20. The Morgan fingerprint density at radius 1 is 0.368 bits per heavy atom. The van der Waals surface area contributed by atoms with Gasteiger partial charge in [-0.15, -0.1) is 0 Å². The van der Waals surface area contributed by atoms with E-state index in [4.69, 9.17) is 4.74 Å². The highest BCUT2D eigenvalue weighted by molar-refractivity contribution is 5.76. The van der Waals surface area contributed by atoms with Crippen LogP contribution in [0.3, 0.4) is 0 Å². The zero-order chi connectivity index (χ0) is 55.0. The van der Waals surface area contributed by atoms with E-state index in [9.17, 15) is 19.8 Å². The number of ether oxygens (including phenoxy) is 1. The monoisotopic (exact) mass is 1070 g/mol. The molecule has 0 aromatic rings. The zero-order valence-electron chi connectivity index (χ0n) is 51.3. The summed E-state index contributed by atoms with van der Waals surface area (Å²) in [4.78, 5) is 24.5. The van der Waals surface area contributed by atoms with E-state index in [1.807, 2.05) is 0 Å². The van der Waals surface area contributed by atoms with Crippen molar-refractivity contribution in [2.45, 2.75) is 386 Å². The average Bonchev–Trinajstić information content (AvgIpc) is 3.42. The molecular formula is C70H133NO5. The summed E-state index contributed by atoms with van der Waals surface area (Å²) in [5.74, 6) is -0.0270. The van der Waals surface area contributed by atoms with Crippen molar-refractivity contribution in [1.82, 2.24) is 5.32 Å². The molecule has 6 heteroatoms. The first kappa shape index (κ1) is 74.1. The highest BCUT2D eigenvalue weighted by atomic mass is 16.5. The second-order valence-corrected chi connectivity index (χ2v) is 23.5. The number of hydrogen-bond acceptors (Lipinski definition) is 5. The molecule has 0 aromatic carbocycles. The van der Waals surface area contributed by atoms with Crippen molar-refractivity contribution >= 4 is 11.9 Å². The summed E-state index contributed by atoms with van der Waals surface area (Å²) in [5, 5.41) is 23.2. The number of amides is 1. The summed E-state index contributed by atoms with van der Waals surface area (Å²) >= 11 is 0. The molecule has 0 bridgehead atoms. The standard InChI is InChI=1S/C70H133NO5/c1-3-5-7-9-11-13-15-16-17-38-41-44-48-52-56-60-64-70(75)76-65-61-57-53-49-45-42-39-36-34-32-30-28-26-24-22-20-18-19-21-23-25-27-29-31-33-35-37-40-43-47-51-55-59-63-69(74)71-67(66-72)68(73)62-58-54-50-46-14-12-10-8-6-4-2/h13,15,17,22,24,38,67-68,72-73H,3-12,14,16,18-21,23,25-37,39-66H2,1-2H3,(H,71,74)/b15-13-,24-22-,38-17-. The normalized spacial score (nSPS) is 12.7. The minimum Gasteiger partial charge on any atom is -0.466 e. The summed E-state index contributed by atoms with van der Waals surface area (Å²) in [6.45, 7) is 4.94. The molecule has 0 aromatic heterocycles. The van der Waals surface area contributed by atoms with Crippen LogP contribution in [-0.4, -0.2) is 47.4 Å². The third-order valence-electron chi connectivity index (χ3n) is 15.9. The lowest BCUT2D eigenvalue weighted by Crippen LogP contribution is -2.45. The molecule has 6 nitrogen and oxygen atoms in total. The third-order valence-corrected chi connectivity index (χ3v) is 15.9. The maximum atomic E-state index is 12.4. The van der Waals surface area contributed by atoms with Crippen molar-refractivity contribution in [1.29, 1.82) is 0 Å². The second-order valence-electron chi connectivity index (χ2n) is 23.5. The van der Waals surface area contributed by atoms with Crippen LogP contribution in [0, 0.1) is 0 Å². The Balaban J connectivity index is 3.33. The quantitative estimate of drug-likeness (QED) is 0.0320. The van der Waals surface area contributed by atoms with Crippen molar-refractivity contribution in [3.63, 3.8) is 0 Å². The van der Waals surface area contributed by atoms with Crippen molar-refractivity contribution in [3.05, 3.63) is 36.5 Å². The van der Waals surface area contributed by atoms with Gasteiger partial charge in [0.15, 0.2) is 0 Å². The largest absolute Gasteiger partial charge is 0.466 e. The van der Waals surface area contributed by atoms with Gasteiger partial charge in [0.1, 0.15) is 0 Å². The lowest BCUT2D eigenvalue weighted by molar-refractivity contribution is -0.143. The van der Waals surface area contributed by atoms with Gasteiger partial charge < -0.3 is 20.3 Å². The van der Waals surface area contributed by atoms with Crippen LogP contribution in [0.1, 0.15) is 373 Å². The third kappa shape index (κ3) is 61.3. The molecule has 448 valence electrons. The molecule has 1 amide bonds. The Morgan fingerprint density at radius 3 is 1.03 bits per heavy atom. The Kier molecular flexibility index (Phi) is 63.9. The van der Waals surface area contributed by atoms with E-state index >= 15 is 0 Å². The van der Waals surface area contributed by atoms with Crippen molar-refractivity contribution in [3.8, 4) is 0 Å². The Hall–Kier alpha value is -1.92. The number of aliphatic hydroxyl groups excluding tert-OH is 2. The first-order valence-corrected chi connectivity index (χ1v) is 34.2. The minimum absolute atomic E-state index is 0.00532. The van der Waals surface area contributed by atoms with Crippen LogP contribution in [0.15, 0.2) is 36.5 Å². The molecule has 76 heavy (non-hydrogen) atoms. The Bertz CT molecular complexity index is 1230. The van der Waals surface area contributed by atoms with Crippen LogP contribution in [0.25, 0.3) is 0 Å². The molecule has 0 radical (unpaired) electrons. The summed E-state index contributed by atoms with van der Waals surface area (Å²) in [6, 6.07) is -0.537. The number of nitrogens with one attached hydrogen (secondary N) is 1. The molecule has 3 N–H and O–H groups in total. The lowest BCUT2D eigenvalue weighted by Gasteiger charge is -2.22. The molecule has 2 atom stereocenters. The zero-order valence-corrected chi connectivity index (χ0v) is 51.3. The van der Waals surface area contributed by atoms with E-state index in [2.05, 4.69) is 55.6 Å². The lowest BCUT2D eigenvalue weighted by atomic mass is 10.0. The minimum atomic E-state index is -0.660. The van der Waals surface area contributed by atoms with Crippen LogP contribution in [0.5, 0.6) is 0 Å². The topological polar surface area (TPSA) is 95.9 Å². The van der Waals surface area contributed by atoms with Gasteiger partial charge in [0.05, 0.1) is 25.4 Å². The molecule has 0 fully saturated rings. The van der Waals surface area contributed by atoms with Gasteiger partial charge in [0, 0.05) is 12.8 Å². The van der Waals surface area contributed by atoms with E-state index in [0.29, 0.717) is 25.9 Å². The van der Waals surface area contributed by atoms with Gasteiger partial charge in [-0.25, -0.2) is 0 Å². The molecule has 0 rings (SSSR count). The highest BCUT2D eigenvalue weighted by Crippen LogP contribution is 2.18. The molecule has 0 aliphatic carbocycles. The fourth-order valence-electron chi connectivity index (χ4n) is 10.7. The number of rotatable bonds is 64. The first-order chi connectivity index (χ1) is 37.5. The van der Waals surface area contributed by atoms with Crippen LogP contribution >= 0.6 is 0 Å². The Labute approximate surface area is 474 Å². The summed E-state index contributed by atoms with van der Waals surface area (Å²) in [5.41, 5.74) is 0. The SMILES string of the molecule is CCCCCC/C=C\C/C=C\CCCCCCCC(=O)OCCCCCCCCCCCCCC/C=C\CCCCCCCCCCCCCCCCCCCC(=O)NC(CO)C(O)CCCCCCCCCCCC. The number of carbonyl (C=O) groups is 2. The second kappa shape index (κ2) is 65.6. The number of esters is 1. The summed E-state index contributed by atoms with van der Waals surface area (Å²) < 4.78 is 5.49. The maximum absolute atomic E-state index is 12.4. The Morgan fingerprint density at radius 2 is 0.658 bits per heavy atom. The molecule has 2 unspecified atom stereocenters. The van der Waals surface area contributed by atoms with E-state index in [-0.39, 0.29) is 18.5 Å². The fraction of sp³-hybridized carbons (Fsp3) is 0.886. The van der Waals surface area contributed by atoms with E-state index in [1.165, 1.54) is 289 Å². The van der Waals surface area contributed by atoms with E-state index < -0.39 is 12.1 Å². The summed E-state index contributed by atoms with van der Waals surface area (Å²) in [6.07, 6.45) is 83.4. The van der Waals surface area contributed by atoms with Crippen LogP contribution in [0.2, 0.25) is 0 Å². The number of carbonyl (C=O) groups excluding carboxylic acids is 2. The number of allylic oxidation sites excluding steroid dienone is 6. The van der Waals surface area contributed by atoms with Crippen LogP contribution < -0.4 is 5.32 Å². The van der Waals surface area contributed by atoms with E-state index in [0.717, 1.165) is 51.4 Å². The first-order valence-electron chi connectivity index (χ1n) is 34.2. The molecule has 0 aliphatic heterocycles. The van der Waals surface area contributed by atoms with Gasteiger partial charge in [-0.05, 0) is 83.5 Å².